The van der Waals surface area contributed by atoms with Gasteiger partial charge in [0.1, 0.15) is 5.69 Å². The van der Waals surface area contributed by atoms with Crippen molar-refractivity contribution in [1.82, 2.24) is 15.1 Å². The summed E-state index contributed by atoms with van der Waals surface area (Å²) >= 11 is 12.7. The lowest BCUT2D eigenvalue weighted by Crippen LogP contribution is -2.44. The third kappa shape index (κ3) is 3.01. The van der Waals surface area contributed by atoms with Gasteiger partial charge in [-0.3, -0.25) is 9.89 Å². The maximum atomic E-state index is 13.3. The number of amides is 1. The van der Waals surface area contributed by atoms with E-state index in [0.717, 1.165) is 22.4 Å². The maximum Gasteiger partial charge on any atom is 0.273 e. The van der Waals surface area contributed by atoms with Gasteiger partial charge in [0.15, 0.2) is 0 Å². The molecule has 4 nitrogen and oxygen atoms in total. The van der Waals surface area contributed by atoms with Crippen molar-refractivity contribution >= 4 is 29.1 Å². The number of nitrogens with one attached hydrogen (secondary N) is 1. The van der Waals surface area contributed by atoms with Crippen molar-refractivity contribution in [3.05, 3.63) is 74.9 Å². The minimum atomic E-state index is -0.408. The number of aryl methyl sites for hydroxylation is 1. The average molecular weight is 414 g/mol. The molecule has 1 aromatic heterocycles. The van der Waals surface area contributed by atoms with Crippen molar-refractivity contribution in [2.24, 2.45) is 0 Å². The molecular formula is C22H21Cl2N3O. The van der Waals surface area contributed by atoms with Gasteiger partial charge in [0.25, 0.3) is 5.91 Å². The molecule has 6 heteroatoms. The summed E-state index contributed by atoms with van der Waals surface area (Å²) in [5, 5.41) is 8.55. The largest absolute Gasteiger partial charge is 0.321 e. The Bertz CT molecular complexity index is 1060. The number of hydrogen-bond donors (Lipinski definition) is 1. The van der Waals surface area contributed by atoms with Crippen LogP contribution in [-0.2, 0) is 0 Å². The number of carbonyl (C=O) groups excluding carboxylic acids is 1. The summed E-state index contributed by atoms with van der Waals surface area (Å²) in [6.45, 7) is 8.10. The Labute approximate surface area is 174 Å². The van der Waals surface area contributed by atoms with Crippen LogP contribution in [0.5, 0.6) is 0 Å². The lowest BCUT2D eigenvalue weighted by Gasteiger charge is -2.38. The molecular weight excluding hydrogens is 393 g/mol. The predicted molar refractivity (Wildman–Crippen MR) is 113 cm³/mol. The van der Waals surface area contributed by atoms with Crippen LogP contribution in [-0.4, -0.2) is 26.5 Å². The molecule has 1 unspecified atom stereocenters. The standard InChI is InChI=1S/C22H21Cl2N3O/c1-12-5-7-13(8-6-12)18-17-19(26-25-18)21(28)27(22(2,3)4)20(17)15-10-9-14(23)11-16(15)24/h5-11,20H,1-4H3,(H,25,26). The summed E-state index contributed by atoms with van der Waals surface area (Å²) < 4.78 is 0. The number of aromatic nitrogens is 2. The van der Waals surface area contributed by atoms with E-state index in [9.17, 15) is 4.79 Å². The first-order valence-corrected chi connectivity index (χ1v) is 9.88. The fourth-order valence-electron chi connectivity index (χ4n) is 3.79. The van der Waals surface area contributed by atoms with Crippen LogP contribution in [0.1, 0.15) is 54.0 Å². The van der Waals surface area contributed by atoms with Crippen LogP contribution >= 0.6 is 23.2 Å². The number of aromatic amines is 1. The molecule has 1 amide bonds. The Hall–Kier alpha value is -2.30. The fraction of sp³-hybridized carbons (Fsp3) is 0.273. The van der Waals surface area contributed by atoms with Crippen LogP contribution < -0.4 is 0 Å². The Balaban J connectivity index is 1.96. The average Bonchev–Trinajstić information content (AvgIpc) is 3.15. The molecule has 144 valence electrons. The van der Waals surface area contributed by atoms with E-state index in [1.165, 1.54) is 5.56 Å². The normalized spacial score (nSPS) is 16.6. The molecule has 0 radical (unpaired) electrons. The molecule has 1 aliphatic heterocycles. The van der Waals surface area contributed by atoms with Gasteiger partial charge in [0.05, 0.1) is 11.7 Å². The number of H-pyrrole nitrogens is 1. The van der Waals surface area contributed by atoms with Gasteiger partial charge in [-0.05, 0) is 45.4 Å². The van der Waals surface area contributed by atoms with Gasteiger partial charge in [-0.25, -0.2) is 0 Å². The first-order valence-electron chi connectivity index (χ1n) is 9.12. The van der Waals surface area contributed by atoms with E-state index in [0.29, 0.717) is 15.7 Å². The van der Waals surface area contributed by atoms with Crippen LogP contribution in [0.25, 0.3) is 11.3 Å². The summed E-state index contributed by atoms with van der Waals surface area (Å²) in [5.74, 6) is -0.0793. The van der Waals surface area contributed by atoms with Crippen LogP contribution in [0.3, 0.4) is 0 Å². The quantitative estimate of drug-likeness (QED) is 0.556. The molecule has 2 heterocycles. The SMILES string of the molecule is Cc1ccc(-c2n[nH]c3c2C(c2ccc(Cl)cc2Cl)N(C(C)(C)C)C3=O)cc1. The van der Waals surface area contributed by atoms with Gasteiger partial charge >= 0.3 is 0 Å². The number of fused-ring (bicyclic) bond motifs is 1. The van der Waals surface area contributed by atoms with Crippen LogP contribution in [0.15, 0.2) is 42.5 Å². The zero-order valence-electron chi connectivity index (χ0n) is 16.2. The molecule has 0 saturated heterocycles. The van der Waals surface area contributed by atoms with Gasteiger partial charge in [-0.1, -0.05) is 59.1 Å². The minimum absolute atomic E-state index is 0.0793. The van der Waals surface area contributed by atoms with Crippen molar-refractivity contribution in [2.45, 2.75) is 39.3 Å². The second-order valence-corrected chi connectivity index (χ2v) is 8.98. The van der Waals surface area contributed by atoms with Crippen molar-refractivity contribution in [3.8, 4) is 11.3 Å². The van der Waals surface area contributed by atoms with E-state index in [1.54, 1.807) is 12.1 Å². The summed E-state index contributed by atoms with van der Waals surface area (Å²) in [4.78, 5) is 15.2. The number of benzene rings is 2. The molecule has 0 saturated carbocycles. The van der Waals surface area contributed by atoms with Crippen molar-refractivity contribution in [1.29, 1.82) is 0 Å². The molecule has 0 bridgehead atoms. The first-order chi connectivity index (χ1) is 13.2. The van der Waals surface area contributed by atoms with Gasteiger partial charge in [0.2, 0.25) is 0 Å². The summed E-state index contributed by atoms with van der Waals surface area (Å²) in [6.07, 6.45) is 0. The second-order valence-electron chi connectivity index (χ2n) is 8.14. The Morgan fingerprint density at radius 2 is 1.75 bits per heavy atom. The smallest absolute Gasteiger partial charge is 0.273 e. The monoisotopic (exact) mass is 413 g/mol. The molecule has 4 rings (SSSR count). The Morgan fingerprint density at radius 1 is 1.07 bits per heavy atom. The van der Waals surface area contributed by atoms with E-state index in [4.69, 9.17) is 23.2 Å². The molecule has 0 spiro atoms. The van der Waals surface area contributed by atoms with E-state index in [-0.39, 0.29) is 11.9 Å². The predicted octanol–water partition coefficient (Wildman–Crippen LogP) is 6.04. The molecule has 28 heavy (non-hydrogen) atoms. The molecule has 3 aromatic rings. The summed E-state index contributed by atoms with van der Waals surface area (Å²) in [7, 11) is 0. The lowest BCUT2D eigenvalue weighted by atomic mass is 9.93. The van der Waals surface area contributed by atoms with E-state index < -0.39 is 5.54 Å². The highest BCUT2D eigenvalue weighted by molar-refractivity contribution is 6.35. The zero-order valence-corrected chi connectivity index (χ0v) is 17.7. The number of carbonyl (C=O) groups is 1. The number of halogens is 2. The van der Waals surface area contributed by atoms with Crippen LogP contribution in [0.4, 0.5) is 0 Å². The van der Waals surface area contributed by atoms with Crippen molar-refractivity contribution in [2.75, 3.05) is 0 Å². The molecule has 1 aliphatic rings. The highest BCUT2D eigenvalue weighted by Crippen LogP contribution is 2.47. The Kier molecular flexibility index (Phi) is 4.52. The fourth-order valence-corrected chi connectivity index (χ4v) is 4.30. The second kappa shape index (κ2) is 6.64. The topological polar surface area (TPSA) is 49.0 Å². The highest BCUT2D eigenvalue weighted by atomic mass is 35.5. The van der Waals surface area contributed by atoms with Gasteiger partial charge in [0, 0.05) is 26.7 Å². The van der Waals surface area contributed by atoms with Gasteiger partial charge < -0.3 is 4.90 Å². The number of nitrogens with zero attached hydrogens (tertiary/aromatic N) is 2. The first kappa shape index (κ1) is 19.0. The van der Waals surface area contributed by atoms with Crippen LogP contribution in [0, 0.1) is 6.92 Å². The molecule has 1 atom stereocenters. The van der Waals surface area contributed by atoms with Crippen molar-refractivity contribution < 1.29 is 4.79 Å². The molecule has 2 aromatic carbocycles. The van der Waals surface area contributed by atoms with Crippen LogP contribution in [0.2, 0.25) is 10.0 Å². The maximum absolute atomic E-state index is 13.3. The van der Waals surface area contributed by atoms with Gasteiger partial charge in [-0.2, -0.15) is 5.10 Å². The summed E-state index contributed by atoms with van der Waals surface area (Å²) in [5.41, 5.74) is 4.70. The summed E-state index contributed by atoms with van der Waals surface area (Å²) in [6, 6.07) is 13.2. The third-order valence-electron chi connectivity index (χ3n) is 5.07. The minimum Gasteiger partial charge on any atom is -0.321 e. The third-order valence-corrected chi connectivity index (χ3v) is 5.64. The van der Waals surface area contributed by atoms with Gasteiger partial charge in [-0.15, -0.1) is 0 Å². The van der Waals surface area contributed by atoms with E-state index in [2.05, 4.69) is 10.2 Å². The molecule has 1 N–H and O–H groups in total. The number of hydrogen-bond acceptors (Lipinski definition) is 2. The number of rotatable bonds is 2. The lowest BCUT2D eigenvalue weighted by molar-refractivity contribution is 0.0546. The van der Waals surface area contributed by atoms with E-state index >= 15 is 0 Å². The van der Waals surface area contributed by atoms with E-state index in [1.807, 2.05) is 62.9 Å². The highest BCUT2D eigenvalue weighted by Gasteiger charge is 2.47. The molecule has 0 aliphatic carbocycles. The van der Waals surface area contributed by atoms with Crippen molar-refractivity contribution in [3.63, 3.8) is 0 Å². The molecule has 0 fully saturated rings. The zero-order chi connectivity index (χ0) is 20.2. The Morgan fingerprint density at radius 3 is 2.36 bits per heavy atom.